The van der Waals surface area contributed by atoms with Crippen molar-refractivity contribution in [1.29, 1.82) is 0 Å². The molecule has 0 atom stereocenters. The summed E-state index contributed by atoms with van der Waals surface area (Å²) in [7, 11) is 0. The summed E-state index contributed by atoms with van der Waals surface area (Å²) in [6.45, 7) is 0.915. The normalized spacial score (nSPS) is 12.9. The molecule has 7 heteroatoms. The molecule has 0 N–H and O–H groups in total. The van der Waals surface area contributed by atoms with Gasteiger partial charge >= 0.3 is 5.97 Å². The van der Waals surface area contributed by atoms with Crippen LogP contribution in [0.2, 0.25) is 0 Å². The molecule has 5 rings (SSSR count). The van der Waals surface area contributed by atoms with Gasteiger partial charge in [0.2, 0.25) is 0 Å². The van der Waals surface area contributed by atoms with Crippen LogP contribution in [0.3, 0.4) is 0 Å². The Morgan fingerprint density at radius 2 is 1.53 bits per heavy atom. The van der Waals surface area contributed by atoms with Crippen molar-refractivity contribution in [1.82, 2.24) is 14.7 Å². The monoisotopic (exact) mass is 453 g/mol. The molecule has 1 aliphatic rings. The van der Waals surface area contributed by atoms with Crippen LogP contribution in [-0.2, 0) is 29.0 Å². The van der Waals surface area contributed by atoms with Gasteiger partial charge in [0, 0.05) is 18.5 Å². The van der Waals surface area contributed by atoms with E-state index in [0.717, 1.165) is 17.5 Å². The highest BCUT2D eigenvalue weighted by atomic mass is 16.5. The van der Waals surface area contributed by atoms with E-state index in [1.807, 2.05) is 48.5 Å². The third-order valence-electron chi connectivity index (χ3n) is 6.05. The summed E-state index contributed by atoms with van der Waals surface area (Å²) in [4.78, 5) is 40.4. The zero-order valence-corrected chi connectivity index (χ0v) is 18.5. The molecule has 1 aliphatic heterocycles. The second kappa shape index (κ2) is 9.31. The number of rotatable bonds is 5. The van der Waals surface area contributed by atoms with Gasteiger partial charge in [-0.05, 0) is 29.2 Å². The predicted molar refractivity (Wildman–Crippen MR) is 127 cm³/mol. The first-order valence-corrected chi connectivity index (χ1v) is 11.2. The predicted octanol–water partition coefficient (Wildman–Crippen LogP) is 3.19. The van der Waals surface area contributed by atoms with E-state index in [9.17, 15) is 14.4 Å². The lowest BCUT2D eigenvalue weighted by Gasteiger charge is -2.28. The lowest BCUT2D eigenvalue weighted by Crippen LogP contribution is -2.38. The minimum Gasteiger partial charge on any atom is -0.451 e. The van der Waals surface area contributed by atoms with Crippen LogP contribution in [0.4, 0.5) is 0 Å². The van der Waals surface area contributed by atoms with Crippen LogP contribution in [0.25, 0.3) is 10.8 Å². The Kier molecular flexibility index (Phi) is 5.91. The Morgan fingerprint density at radius 1 is 0.853 bits per heavy atom. The van der Waals surface area contributed by atoms with Crippen LogP contribution in [-0.4, -0.2) is 39.7 Å². The summed E-state index contributed by atoms with van der Waals surface area (Å²) in [5.41, 5.74) is 2.95. The van der Waals surface area contributed by atoms with Crippen LogP contribution in [0.1, 0.15) is 27.2 Å². The van der Waals surface area contributed by atoms with Crippen molar-refractivity contribution in [2.75, 3.05) is 13.2 Å². The van der Waals surface area contributed by atoms with Gasteiger partial charge in [0.25, 0.3) is 11.5 Å². The number of esters is 1. The number of nitrogens with zero attached hydrogens (tertiary/aromatic N) is 3. The van der Waals surface area contributed by atoms with Crippen molar-refractivity contribution >= 4 is 22.6 Å². The fourth-order valence-electron chi connectivity index (χ4n) is 4.24. The zero-order chi connectivity index (χ0) is 23.5. The molecule has 7 nitrogen and oxygen atoms in total. The molecule has 0 fully saturated rings. The second-order valence-corrected chi connectivity index (χ2v) is 8.25. The lowest BCUT2D eigenvalue weighted by molar-refractivity contribution is -0.135. The lowest BCUT2D eigenvalue weighted by atomic mass is 10.00. The first-order chi connectivity index (χ1) is 16.6. The zero-order valence-electron chi connectivity index (χ0n) is 18.5. The van der Waals surface area contributed by atoms with E-state index >= 15 is 0 Å². The van der Waals surface area contributed by atoms with Crippen LogP contribution < -0.4 is 5.56 Å². The van der Waals surface area contributed by atoms with Gasteiger partial charge in [0.05, 0.1) is 11.9 Å². The molecule has 0 radical (unpaired) electrons. The number of amides is 1. The van der Waals surface area contributed by atoms with Crippen LogP contribution in [0, 0.1) is 0 Å². The Balaban J connectivity index is 1.36. The van der Waals surface area contributed by atoms with E-state index in [-0.39, 0.29) is 30.3 Å². The van der Waals surface area contributed by atoms with Gasteiger partial charge in [-0.15, -0.1) is 0 Å². The topological polar surface area (TPSA) is 81.5 Å². The number of aromatic nitrogens is 2. The summed E-state index contributed by atoms with van der Waals surface area (Å²) >= 11 is 0. The average Bonchev–Trinajstić information content (AvgIpc) is 2.89. The third kappa shape index (κ3) is 4.32. The van der Waals surface area contributed by atoms with E-state index in [1.54, 1.807) is 29.2 Å². The van der Waals surface area contributed by atoms with Gasteiger partial charge in [0.15, 0.2) is 12.3 Å². The van der Waals surface area contributed by atoms with Crippen molar-refractivity contribution in [2.24, 2.45) is 0 Å². The van der Waals surface area contributed by atoms with Crippen molar-refractivity contribution < 1.29 is 14.3 Å². The number of carbonyl (C=O) groups excluding carboxylic acids is 2. The summed E-state index contributed by atoms with van der Waals surface area (Å²) < 4.78 is 6.64. The molecule has 4 aromatic rings. The number of carbonyl (C=O) groups is 2. The second-order valence-electron chi connectivity index (χ2n) is 8.25. The number of fused-ring (bicyclic) bond motifs is 2. The molecular weight excluding hydrogens is 430 g/mol. The Morgan fingerprint density at radius 3 is 2.32 bits per heavy atom. The van der Waals surface area contributed by atoms with Gasteiger partial charge in [-0.25, -0.2) is 9.48 Å². The van der Waals surface area contributed by atoms with E-state index in [2.05, 4.69) is 11.2 Å². The molecule has 0 unspecified atom stereocenters. The van der Waals surface area contributed by atoms with Gasteiger partial charge in [0.1, 0.15) is 0 Å². The Labute approximate surface area is 196 Å². The van der Waals surface area contributed by atoms with Gasteiger partial charge in [-0.2, -0.15) is 5.10 Å². The molecule has 0 bridgehead atoms. The molecule has 170 valence electrons. The minimum absolute atomic E-state index is 0.0166. The smallest absolute Gasteiger partial charge is 0.359 e. The highest BCUT2D eigenvalue weighted by Crippen LogP contribution is 2.19. The summed E-state index contributed by atoms with van der Waals surface area (Å²) in [6.07, 6.45) is 0.770. The van der Waals surface area contributed by atoms with E-state index < -0.39 is 5.97 Å². The molecule has 3 aromatic carbocycles. The third-order valence-corrected chi connectivity index (χ3v) is 6.05. The molecule has 0 spiro atoms. The van der Waals surface area contributed by atoms with Crippen LogP contribution in [0.5, 0.6) is 0 Å². The molecule has 0 saturated heterocycles. The van der Waals surface area contributed by atoms with Crippen molar-refractivity contribution in [3.63, 3.8) is 0 Å². The maximum absolute atomic E-state index is 13.0. The maximum Gasteiger partial charge on any atom is 0.359 e. The van der Waals surface area contributed by atoms with E-state index in [4.69, 9.17) is 4.74 Å². The Hall–Kier alpha value is -4.26. The fraction of sp³-hybridized carbons (Fsp3) is 0.185. The summed E-state index contributed by atoms with van der Waals surface area (Å²) in [6, 6.07) is 24.2. The van der Waals surface area contributed by atoms with E-state index in [0.29, 0.717) is 23.9 Å². The molecule has 0 saturated carbocycles. The standard InChI is InChI=1S/C27H23N3O4/c31-24(29-15-14-20-10-4-5-11-21(20)17-29)18-34-27(33)25-22-12-6-7-13-23(22)26(32)30(28-25)16-19-8-2-1-3-9-19/h1-13H,14-18H2. The SMILES string of the molecule is O=C(OCC(=O)N1CCc2ccccc2C1)c1nn(Cc2ccccc2)c(=O)c2ccccc12. The highest BCUT2D eigenvalue weighted by Gasteiger charge is 2.23. The number of ether oxygens (including phenoxy) is 1. The van der Waals surface area contributed by atoms with Crippen LogP contribution in [0.15, 0.2) is 83.7 Å². The molecule has 2 heterocycles. The maximum atomic E-state index is 13.0. The molecule has 34 heavy (non-hydrogen) atoms. The summed E-state index contributed by atoms with van der Waals surface area (Å²) in [5.74, 6) is -0.992. The fourth-order valence-corrected chi connectivity index (χ4v) is 4.24. The number of hydrogen-bond acceptors (Lipinski definition) is 5. The Bertz CT molecular complexity index is 1430. The minimum atomic E-state index is -0.733. The first-order valence-electron chi connectivity index (χ1n) is 11.2. The highest BCUT2D eigenvalue weighted by molar-refractivity contribution is 6.02. The van der Waals surface area contributed by atoms with Gasteiger partial charge in [-0.3, -0.25) is 9.59 Å². The van der Waals surface area contributed by atoms with Crippen molar-refractivity contribution in [2.45, 2.75) is 19.5 Å². The van der Waals surface area contributed by atoms with Crippen molar-refractivity contribution in [3.05, 3.63) is 112 Å². The molecule has 0 aliphatic carbocycles. The summed E-state index contributed by atoms with van der Waals surface area (Å²) in [5, 5.41) is 5.10. The van der Waals surface area contributed by atoms with Crippen LogP contribution >= 0.6 is 0 Å². The number of benzene rings is 3. The van der Waals surface area contributed by atoms with Crippen molar-refractivity contribution in [3.8, 4) is 0 Å². The largest absolute Gasteiger partial charge is 0.451 e. The molecule has 1 amide bonds. The quantitative estimate of drug-likeness (QED) is 0.434. The van der Waals surface area contributed by atoms with E-state index in [1.165, 1.54) is 10.2 Å². The molecule has 1 aromatic heterocycles. The average molecular weight is 453 g/mol. The van der Waals surface area contributed by atoms with Gasteiger partial charge < -0.3 is 9.64 Å². The van der Waals surface area contributed by atoms with Gasteiger partial charge in [-0.1, -0.05) is 72.8 Å². The first kappa shape index (κ1) is 21.6. The number of hydrogen-bond donors (Lipinski definition) is 0. The molecular formula is C27H23N3O4.